The molecule has 0 saturated carbocycles. The molecule has 0 heterocycles. The second-order valence-electron chi connectivity index (χ2n) is 4.49. The van der Waals surface area contributed by atoms with Crippen molar-refractivity contribution in [1.82, 2.24) is 5.32 Å². The van der Waals surface area contributed by atoms with Gasteiger partial charge >= 0.3 is 0 Å². The van der Waals surface area contributed by atoms with E-state index < -0.39 is 10.7 Å². The first kappa shape index (κ1) is 14.6. The van der Waals surface area contributed by atoms with Gasteiger partial charge in [0, 0.05) is 12.1 Å². The minimum atomic E-state index is -0.587. The molecule has 5 heteroatoms. The Balaban J connectivity index is 2.86. The van der Waals surface area contributed by atoms with Crippen LogP contribution in [0.4, 0.5) is 10.1 Å². The Labute approximate surface area is 106 Å². The molecule has 0 fully saturated rings. The van der Waals surface area contributed by atoms with Crippen LogP contribution < -0.4 is 5.32 Å². The summed E-state index contributed by atoms with van der Waals surface area (Å²) in [5, 5.41) is 13.8. The topological polar surface area (TPSA) is 55.2 Å². The van der Waals surface area contributed by atoms with Crippen LogP contribution in [0.3, 0.4) is 0 Å². The number of nitro benzene ring substituents is 1. The fourth-order valence-corrected chi connectivity index (χ4v) is 1.82. The molecule has 2 unspecified atom stereocenters. The third-order valence-electron chi connectivity index (χ3n) is 3.15. The average Bonchev–Trinajstić information content (AvgIpc) is 2.34. The third-order valence-corrected chi connectivity index (χ3v) is 3.15. The first-order valence-corrected chi connectivity index (χ1v) is 6.14. The number of halogens is 1. The van der Waals surface area contributed by atoms with Crippen LogP contribution in [0.1, 0.15) is 38.7 Å². The van der Waals surface area contributed by atoms with E-state index in [0.29, 0.717) is 5.56 Å². The Morgan fingerprint density at radius 1 is 1.44 bits per heavy atom. The predicted molar refractivity (Wildman–Crippen MR) is 69.2 cm³/mol. The van der Waals surface area contributed by atoms with Crippen LogP contribution >= 0.6 is 0 Å². The monoisotopic (exact) mass is 254 g/mol. The lowest BCUT2D eigenvalue weighted by molar-refractivity contribution is -0.385. The van der Waals surface area contributed by atoms with Gasteiger partial charge in [-0.05, 0) is 37.4 Å². The SMILES string of the molecule is CCCNC(C)C(C)c1ccc([N+](=O)[O-])cc1F. The first-order valence-electron chi connectivity index (χ1n) is 6.14. The molecule has 1 aromatic rings. The van der Waals surface area contributed by atoms with Crippen molar-refractivity contribution in [1.29, 1.82) is 0 Å². The van der Waals surface area contributed by atoms with E-state index in [1.54, 1.807) is 0 Å². The molecule has 1 N–H and O–H groups in total. The zero-order valence-electron chi connectivity index (χ0n) is 10.9. The van der Waals surface area contributed by atoms with E-state index in [1.807, 2.05) is 13.8 Å². The Morgan fingerprint density at radius 3 is 2.61 bits per heavy atom. The van der Waals surface area contributed by atoms with Crippen LogP contribution in [-0.4, -0.2) is 17.5 Å². The lowest BCUT2D eigenvalue weighted by atomic mass is 9.93. The number of nitrogens with zero attached hydrogens (tertiary/aromatic N) is 1. The quantitative estimate of drug-likeness (QED) is 0.626. The highest BCUT2D eigenvalue weighted by Crippen LogP contribution is 2.25. The zero-order valence-corrected chi connectivity index (χ0v) is 10.9. The molecule has 2 atom stereocenters. The van der Waals surface area contributed by atoms with E-state index in [0.717, 1.165) is 19.0 Å². The molecule has 0 saturated heterocycles. The largest absolute Gasteiger partial charge is 0.314 e. The molecule has 0 bridgehead atoms. The zero-order chi connectivity index (χ0) is 13.7. The fraction of sp³-hybridized carbons (Fsp3) is 0.538. The van der Waals surface area contributed by atoms with Gasteiger partial charge in [0.25, 0.3) is 5.69 Å². The molecular weight excluding hydrogens is 235 g/mol. The lowest BCUT2D eigenvalue weighted by Gasteiger charge is -2.21. The average molecular weight is 254 g/mol. The predicted octanol–water partition coefficient (Wildman–Crippen LogP) is 3.23. The third kappa shape index (κ3) is 3.50. The van der Waals surface area contributed by atoms with Crippen LogP contribution in [0, 0.1) is 15.9 Å². The van der Waals surface area contributed by atoms with Crippen molar-refractivity contribution in [3.63, 3.8) is 0 Å². The minimum absolute atomic E-state index is 0.0302. The highest BCUT2D eigenvalue weighted by Gasteiger charge is 2.19. The molecule has 0 aliphatic carbocycles. The van der Waals surface area contributed by atoms with E-state index in [9.17, 15) is 14.5 Å². The molecular formula is C13H19FN2O2. The summed E-state index contributed by atoms with van der Waals surface area (Å²) in [6.07, 6.45) is 1.01. The summed E-state index contributed by atoms with van der Waals surface area (Å²) in [5.74, 6) is -0.542. The molecule has 0 amide bonds. The standard InChI is InChI=1S/C13H19FN2O2/c1-4-7-15-10(3)9(2)12-6-5-11(16(17)18)8-13(12)14/h5-6,8-10,15H,4,7H2,1-3H3. The second kappa shape index (κ2) is 6.44. The number of benzene rings is 1. The number of rotatable bonds is 6. The Bertz CT molecular complexity index is 423. The number of hydrogen-bond donors (Lipinski definition) is 1. The fourth-order valence-electron chi connectivity index (χ4n) is 1.82. The van der Waals surface area contributed by atoms with Crippen molar-refractivity contribution < 1.29 is 9.31 Å². The lowest BCUT2D eigenvalue weighted by Crippen LogP contribution is -2.31. The molecule has 100 valence electrons. The van der Waals surface area contributed by atoms with Gasteiger partial charge in [-0.2, -0.15) is 0 Å². The summed E-state index contributed by atoms with van der Waals surface area (Å²) >= 11 is 0. The van der Waals surface area contributed by atoms with Crippen LogP contribution in [0.5, 0.6) is 0 Å². The Morgan fingerprint density at radius 2 is 2.11 bits per heavy atom. The molecule has 0 aliphatic rings. The second-order valence-corrected chi connectivity index (χ2v) is 4.49. The number of nitrogens with one attached hydrogen (secondary N) is 1. The van der Waals surface area contributed by atoms with Crippen LogP contribution in [0.25, 0.3) is 0 Å². The van der Waals surface area contributed by atoms with Crippen LogP contribution in [-0.2, 0) is 0 Å². The number of hydrogen-bond acceptors (Lipinski definition) is 3. The van der Waals surface area contributed by atoms with Crippen molar-refractivity contribution in [2.24, 2.45) is 0 Å². The summed E-state index contributed by atoms with van der Waals surface area (Å²) in [6.45, 7) is 6.84. The summed E-state index contributed by atoms with van der Waals surface area (Å²) in [5.41, 5.74) is 0.300. The van der Waals surface area contributed by atoms with Gasteiger partial charge in [0.05, 0.1) is 11.0 Å². The maximum absolute atomic E-state index is 13.8. The minimum Gasteiger partial charge on any atom is -0.314 e. The van der Waals surface area contributed by atoms with Crippen molar-refractivity contribution in [2.45, 2.75) is 39.2 Å². The van der Waals surface area contributed by atoms with Crippen LogP contribution in [0.15, 0.2) is 18.2 Å². The molecule has 1 rings (SSSR count). The summed E-state index contributed by atoms with van der Waals surface area (Å²) in [7, 11) is 0. The summed E-state index contributed by atoms with van der Waals surface area (Å²) < 4.78 is 13.8. The molecule has 0 aromatic heterocycles. The molecule has 4 nitrogen and oxygen atoms in total. The summed E-state index contributed by atoms with van der Waals surface area (Å²) in [6, 6.07) is 3.96. The van der Waals surface area contributed by atoms with Gasteiger partial charge in [-0.25, -0.2) is 4.39 Å². The van der Waals surface area contributed by atoms with Crippen molar-refractivity contribution in [2.75, 3.05) is 6.54 Å². The van der Waals surface area contributed by atoms with Gasteiger partial charge in [-0.3, -0.25) is 10.1 Å². The van der Waals surface area contributed by atoms with E-state index in [4.69, 9.17) is 0 Å². The number of non-ortho nitro benzene ring substituents is 1. The van der Waals surface area contributed by atoms with Gasteiger partial charge in [0.15, 0.2) is 0 Å². The van der Waals surface area contributed by atoms with Gasteiger partial charge < -0.3 is 5.32 Å². The van der Waals surface area contributed by atoms with Gasteiger partial charge in [0.1, 0.15) is 5.82 Å². The Kier molecular flexibility index (Phi) is 5.22. The smallest absolute Gasteiger partial charge is 0.272 e. The Hall–Kier alpha value is -1.49. The first-order chi connectivity index (χ1) is 8.47. The van der Waals surface area contributed by atoms with E-state index in [-0.39, 0.29) is 17.6 Å². The van der Waals surface area contributed by atoms with Crippen molar-refractivity contribution in [3.8, 4) is 0 Å². The van der Waals surface area contributed by atoms with E-state index >= 15 is 0 Å². The normalized spacial score (nSPS) is 14.2. The molecule has 1 aromatic carbocycles. The molecule has 0 radical (unpaired) electrons. The molecule has 0 spiro atoms. The van der Waals surface area contributed by atoms with E-state index in [1.165, 1.54) is 12.1 Å². The van der Waals surface area contributed by atoms with Gasteiger partial charge in [0.2, 0.25) is 0 Å². The molecule has 18 heavy (non-hydrogen) atoms. The van der Waals surface area contributed by atoms with E-state index in [2.05, 4.69) is 12.2 Å². The van der Waals surface area contributed by atoms with Crippen molar-refractivity contribution in [3.05, 3.63) is 39.7 Å². The maximum Gasteiger partial charge on any atom is 0.272 e. The maximum atomic E-state index is 13.8. The van der Waals surface area contributed by atoms with Crippen LogP contribution in [0.2, 0.25) is 0 Å². The summed E-state index contributed by atoms with van der Waals surface area (Å²) in [4.78, 5) is 9.95. The van der Waals surface area contributed by atoms with Crippen molar-refractivity contribution >= 4 is 5.69 Å². The highest BCUT2D eigenvalue weighted by molar-refractivity contribution is 5.36. The number of nitro groups is 1. The highest BCUT2D eigenvalue weighted by atomic mass is 19.1. The molecule has 0 aliphatic heterocycles. The van der Waals surface area contributed by atoms with Gasteiger partial charge in [-0.1, -0.05) is 13.8 Å². The van der Waals surface area contributed by atoms with Gasteiger partial charge in [-0.15, -0.1) is 0 Å².